The van der Waals surface area contributed by atoms with Crippen LogP contribution in [0.3, 0.4) is 0 Å². The van der Waals surface area contributed by atoms with Gasteiger partial charge in [-0.15, -0.1) is 0 Å². The summed E-state index contributed by atoms with van der Waals surface area (Å²) in [6.45, 7) is 6.68. The van der Waals surface area contributed by atoms with Crippen LogP contribution in [0.5, 0.6) is 5.75 Å². The maximum atomic E-state index is 12.1. The first-order valence-corrected chi connectivity index (χ1v) is 9.74. The Morgan fingerprint density at radius 3 is 2.67 bits per heavy atom. The second kappa shape index (κ2) is 8.95. The molecule has 1 saturated heterocycles. The number of amides is 1. The SMILES string of the molecule is Cc1nc(C(=O)NCCN2CCC(Oc3ccc(Cl)c(Cl)c3)CC2)c(C)o1. The monoisotopic (exact) mass is 411 g/mol. The van der Waals surface area contributed by atoms with Gasteiger partial charge in [0.2, 0.25) is 0 Å². The number of halogens is 2. The number of benzene rings is 1. The number of aryl methyl sites for hydroxylation is 2. The lowest BCUT2D eigenvalue weighted by molar-refractivity contribution is 0.0901. The van der Waals surface area contributed by atoms with Gasteiger partial charge in [0.25, 0.3) is 5.91 Å². The van der Waals surface area contributed by atoms with E-state index in [0.717, 1.165) is 38.2 Å². The normalized spacial score (nSPS) is 15.7. The minimum Gasteiger partial charge on any atom is -0.490 e. The molecule has 0 bridgehead atoms. The summed E-state index contributed by atoms with van der Waals surface area (Å²) in [5.41, 5.74) is 0.362. The highest BCUT2D eigenvalue weighted by Gasteiger charge is 2.21. The fourth-order valence-electron chi connectivity index (χ4n) is 3.14. The lowest BCUT2D eigenvalue weighted by atomic mass is 10.1. The van der Waals surface area contributed by atoms with Crippen LogP contribution in [0.4, 0.5) is 0 Å². The average molecular weight is 412 g/mol. The largest absolute Gasteiger partial charge is 0.490 e. The first-order chi connectivity index (χ1) is 12.9. The molecule has 1 aromatic carbocycles. The maximum absolute atomic E-state index is 12.1. The zero-order valence-corrected chi connectivity index (χ0v) is 16.9. The smallest absolute Gasteiger partial charge is 0.273 e. The Hall–Kier alpha value is -1.76. The number of likely N-dealkylation sites (tertiary alicyclic amines) is 1. The van der Waals surface area contributed by atoms with Gasteiger partial charge in [-0.05, 0) is 31.9 Å². The molecular formula is C19H23Cl2N3O3. The van der Waals surface area contributed by atoms with Crippen molar-refractivity contribution in [3.8, 4) is 5.75 Å². The average Bonchev–Trinajstić information content (AvgIpc) is 2.98. The third kappa shape index (κ3) is 5.37. The highest BCUT2D eigenvalue weighted by molar-refractivity contribution is 6.42. The molecule has 0 aliphatic carbocycles. The number of ether oxygens (including phenoxy) is 1. The van der Waals surface area contributed by atoms with Crippen LogP contribution in [0.15, 0.2) is 22.6 Å². The topological polar surface area (TPSA) is 67.6 Å². The summed E-state index contributed by atoms with van der Waals surface area (Å²) in [5.74, 6) is 1.60. The summed E-state index contributed by atoms with van der Waals surface area (Å²) in [6, 6.07) is 5.33. The van der Waals surface area contributed by atoms with Crippen LogP contribution in [0, 0.1) is 13.8 Å². The fourth-order valence-corrected chi connectivity index (χ4v) is 3.43. The van der Waals surface area contributed by atoms with Crippen LogP contribution < -0.4 is 10.1 Å². The molecule has 0 spiro atoms. The summed E-state index contributed by atoms with van der Waals surface area (Å²) < 4.78 is 11.3. The highest BCUT2D eigenvalue weighted by atomic mass is 35.5. The lowest BCUT2D eigenvalue weighted by Gasteiger charge is -2.32. The maximum Gasteiger partial charge on any atom is 0.273 e. The number of aromatic nitrogens is 1. The van der Waals surface area contributed by atoms with Gasteiger partial charge in [-0.25, -0.2) is 4.98 Å². The summed E-state index contributed by atoms with van der Waals surface area (Å²) >= 11 is 12.0. The number of hydrogen-bond donors (Lipinski definition) is 1. The van der Waals surface area contributed by atoms with E-state index in [1.54, 1.807) is 26.0 Å². The van der Waals surface area contributed by atoms with Crippen LogP contribution in [-0.2, 0) is 0 Å². The molecule has 2 aromatic rings. The zero-order valence-electron chi connectivity index (χ0n) is 15.4. The third-order valence-electron chi connectivity index (χ3n) is 4.56. The van der Waals surface area contributed by atoms with Crippen molar-refractivity contribution in [2.45, 2.75) is 32.8 Å². The van der Waals surface area contributed by atoms with Crippen molar-refractivity contribution < 1.29 is 13.9 Å². The molecular weight excluding hydrogens is 389 g/mol. The number of nitrogens with one attached hydrogen (secondary N) is 1. The Morgan fingerprint density at radius 1 is 1.30 bits per heavy atom. The Bertz CT molecular complexity index is 801. The Labute approximate surface area is 168 Å². The molecule has 8 heteroatoms. The molecule has 3 rings (SSSR count). The highest BCUT2D eigenvalue weighted by Crippen LogP contribution is 2.28. The van der Waals surface area contributed by atoms with Gasteiger partial charge in [0.1, 0.15) is 17.6 Å². The zero-order chi connectivity index (χ0) is 19.4. The predicted molar refractivity (Wildman–Crippen MR) is 105 cm³/mol. The first-order valence-electron chi connectivity index (χ1n) is 8.98. The number of carbonyl (C=O) groups excluding carboxylic acids is 1. The van der Waals surface area contributed by atoms with E-state index in [0.29, 0.717) is 33.9 Å². The van der Waals surface area contributed by atoms with Crippen molar-refractivity contribution in [3.63, 3.8) is 0 Å². The van der Waals surface area contributed by atoms with Crippen LogP contribution >= 0.6 is 23.2 Å². The minimum atomic E-state index is -0.192. The first kappa shape index (κ1) is 20.0. The van der Waals surface area contributed by atoms with E-state index in [2.05, 4.69) is 15.2 Å². The Morgan fingerprint density at radius 2 is 2.04 bits per heavy atom. The van der Waals surface area contributed by atoms with Crippen molar-refractivity contribution in [2.75, 3.05) is 26.2 Å². The third-order valence-corrected chi connectivity index (χ3v) is 5.30. The molecule has 2 heterocycles. The van der Waals surface area contributed by atoms with Gasteiger partial charge < -0.3 is 19.4 Å². The van der Waals surface area contributed by atoms with Crippen LogP contribution in [0.1, 0.15) is 35.0 Å². The second-order valence-corrected chi connectivity index (χ2v) is 7.44. The van der Waals surface area contributed by atoms with Crippen LogP contribution in [0.25, 0.3) is 0 Å². The van der Waals surface area contributed by atoms with Gasteiger partial charge in [0.15, 0.2) is 11.6 Å². The fraction of sp³-hybridized carbons (Fsp3) is 0.474. The second-order valence-electron chi connectivity index (χ2n) is 6.63. The minimum absolute atomic E-state index is 0.161. The van der Waals surface area contributed by atoms with Crippen molar-refractivity contribution in [2.24, 2.45) is 0 Å². The van der Waals surface area contributed by atoms with Gasteiger partial charge in [0.05, 0.1) is 10.0 Å². The van der Waals surface area contributed by atoms with Gasteiger partial charge in [-0.1, -0.05) is 23.2 Å². The summed E-state index contributed by atoms with van der Waals surface area (Å²) in [6.07, 6.45) is 2.01. The van der Waals surface area contributed by atoms with Crippen LogP contribution in [0.2, 0.25) is 10.0 Å². The van der Waals surface area contributed by atoms with E-state index in [1.807, 2.05) is 6.07 Å². The molecule has 1 aliphatic heterocycles. The van der Waals surface area contributed by atoms with Gasteiger partial charge in [-0.2, -0.15) is 0 Å². The summed E-state index contributed by atoms with van der Waals surface area (Å²) in [5, 5.41) is 3.93. The Balaban J connectivity index is 1.38. The molecule has 1 aromatic heterocycles. The van der Waals surface area contributed by atoms with E-state index in [1.165, 1.54) is 0 Å². The van der Waals surface area contributed by atoms with Crippen molar-refractivity contribution in [3.05, 3.63) is 45.6 Å². The van der Waals surface area contributed by atoms with E-state index in [4.69, 9.17) is 32.4 Å². The lowest BCUT2D eigenvalue weighted by Crippen LogP contribution is -2.42. The van der Waals surface area contributed by atoms with Gasteiger partial charge >= 0.3 is 0 Å². The molecule has 1 N–H and O–H groups in total. The number of oxazole rings is 1. The number of carbonyl (C=O) groups is 1. The summed E-state index contributed by atoms with van der Waals surface area (Å²) in [7, 11) is 0. The molecule has 0 saturated carbocycles. The van der Waals surface area contributed by atoms with E-state index in [-0.39, 0.29) is 12.0 Å². The van der Waals surface area contributed by atoms with Crippen molar-refractivity contribution >= 4 is 29.1 Å². The number of rotatable bonds is 6. The number of hydrogen-bond acceptors (Lipinski definition) is 5. The van der Waals surface area contributed by atoms with Crippen molar-refractivity contribution in [1.82, 2.24) is 15.2 Å². The molecule has 0 atom stereocenters. The quantitative estimate of drug-likeness (QED) is 0.780. The Kier molecular flexibility index (Phi) is 6.63. The molecule has 146 valence electrons. The molecule has 1 aliphatic rings. The van der Waals surface area contributed by atoms with Crippen molar-refractivity contribution in [1.29, 1.82) is 0 Å². The molecule has 1 amide bonds. The molecule has 27 heavy (non-hydrogen) atoms. The van der Waals surface area contributed by atoms with Crippen LogP contribution in [-0.4, -0.2) is 48.1 Å². The van der Waals surface area contributed by atoms with E-state index < -0.39 is 0 Å². The predicted octanol–water partition coefficient (Wildman–Crippen LogP) is 3.87. The molecule has 1 fully saturated rings. The van der Waals surface area contributed by atoms with E-state index >= 15 is 0 Å². The molecule has 0 radical (unpaired) electrons. The number of nitrogens with zero attached hydrogens (tertiary/aromatic N) is 2. The van der Waals surface area contributed by atoms with Gasteiger partial charge in [0, 0.05) is 39.2 Å². The molecule has 0 unspecified atom stereocenters. The van der Waals surface area contributed by atoms with Gasteiger partial charge in [-0.3, -0.25) is 4.79 Å². The standard InChI is InChI=1S/C19H23Cl2N3O3/c1-12-18(23-13(2)26-12)19(25)22-7-10-24-8-5-14(6-9-24)27-15-3-4-16(20)17(21)11-15/h3-4,11,14H,5-10H2,1-2H3,(H,22,25). The molecule has 6 nitrogen and oxygen atoms in total. The number of piperidine rings is 1. The summed E-state index contributed by atoms with van der Waals surface area (Å²) in [4.78, 5) is 18.6. The van der Waals surface area contributed by atoms with E-state index in [9.17, 15) is 4.79 Å².